The number of hydrogen-bond acceptors (Lipinski definition) is 2. The van der Waals surface area contributed by atoms with Crippen LogP contribution in [0.15, 0.2) is 24.3 Å². The van der Waals surface area contributed by atoms with E-state index in [1.807, 2.05) is 0 Å². The summed E-state index contributed by atoms with van der Waals surface area (Å²) in [5.41, 5.74) is 2.93. The Balaban J connectivity index is 1.69. The summed E-state index contributed by atoms with van der Waals surface area (Å²) in [6.07, 6.45) is 5.40. The molecule has 0 bridgehead atoms. The molecule has 1 aromatic rings. The van der Waals surface area contributed by atoms with Crippen LogP contribution in [0.4, 0.5) is 5.69 Å². The molecule has 2 heteroatoms. The maximum absolute atomic E-state index is 3.63. The van der Waals surface area contributed by atoms with Crippen LogP contribution in [0.3, 0.4) is 0 Å². The quantitative estimate of drug-likeness (QED) is 0.875. The highest BCUT2D eigenvalue weighted by Gasteiger charge is 2.22. The predicted octanol–water partition coefficient (Wildman–Crippen LogP) is 3.17. The Morgan fingerprint density at radius 1 is 1.11 bits per heavy atom. The Bertz CT molecular complexity index is 390. The number of piperidine rings is 1. The van der Waals surface area contributed by atoms with Crippen molar-refractivity contribution in [2.24, 2.45) is 5.92 Å². The van der Waals surface area contributed by atoms with Crippen molar-refractivity contribution >= 4 is 5.69 Å². The first kappa shape index (κ1) is 12.0. The van der Waals surface area contributed by atoms with Gasteiger partial charge in [-0.25, -0.2) is 0 Å². The summed E-state index contributed by atoms with van der Waals surface area (Å²) < 4.78 is 0. The van der Waals surface area contributed by atoms with Crippen molar-refractivity contribution in [2.75, 3.05) is 18.0 Å². The van der Waals surface area contributed by atoms with E-state index in [1.165, 1.54) is 50.0 Å². The Morgan fingerprint density at radius 3 is 2.56 bits per heavy atom. The van der Waals surface area contributed by atoms with Gasteiger partial charge in [-0.2, -0.15) is 0 Å². The number of rotatable bonds is 4. The van der Waals surface area contributed by atoms with E-state index in [2.05, 4.69) is 41.4 Å². The fourth-order valence-electron chi connectivity index (χ4n) is 2.76. The highest BCUT2D eigenvalue weighted by Crippen LogP contribution is 2.27. The van der Waals surface area contributed by atoms with Gasteiger partial charge in [0.2, 0.25) is 0 Å². The smallest absolute Gasteiger partial charge is 0.0411 e. The lowest BCUT2D eigenvalue weighted by Gasteiger charge is -2.33. The van der Waals surface area contributed by atoms with Gasteiger partial charge in [0.1, 0.15) is 0 Å². The number of anilines is 1. The molecule has 18 heavy (non-hydrogen) atoms. The summed E-state index contributed by atoms with van der Waals surface area (Å²) in [4.78, 5) is 2.57. The number of nitrogens with one attached hydrogen (secondary N) is 1. The van der Waals surface area contributed by atoms with Crippen molar-refractivity contribution in [3.05, 3.63) is 29.8 Å². The van der Waals surface area contributed by atoms with Gasteiger partial charge in [0.25, 0.3) is 0 Å². The summed E-state index contributed by atoms with van der Waals surface area (Å²) in [6.45, 7) is 5.86. The van der Waals surface area contributed by atoms with Crippen molar-refractivity contribution in [1.82, 2.24) is 5.32 Å². The minimum absolute atomic E-state index is 0.791. The third-order valence-corrected chi connectivity index (χ3v) is 4.27. The van der Waals surface area contributed by atoms with Gasteiger partial charge in [0.05, 0.1) is 0 Å². The van der Waals surface area contributed by atoms with Crippen LogP contribution in [0, 0.1) is 5.92 Å². The van der Waals surface area contributed by atoms with Gasteiger partial charge in [0, 0.05) is 31.4 Å². The summed E-state index contributed by atoms with van der Waals surface area (Å²) in [5, 5.41) is 3.63. The van der Waals surface area contributed by atoms with Crippen molar-refractivity contribution in [3.8, 4) is 0 Å². The van der Waals surface area contributed by atoms with Gasteiger partial charge in [-0.1, -0.05) is 25.1 Å². The molecule has 1 saturated heterocycles. The monoisotopic (exact) mass is 244 g/mol. The molecule has 1 aliphatic carbocycles. The maximum atomic E-state index is 3.63. The molecule has 0 radical (unpaired) electrons. The van der Waals surface area contributed by atoms with Gasteiger partial charge in [-0.05, 0) is 43.2 Å². The van der Waals surface area contributed by atoms with E-state index >= 15 is 0 Å². The number of nitrogens with zero attached hydrogens (tertiary/aromatic N) is 1. The van der Waals surface area contributed by atoms with Crippen LogP contribution < -0.4 is 10.2 Å². The zero-order valence-electron chi connectivity index (χ0n) is 11.4. The molecule has 0 atom stereocenters. The van der Waals surface area contributed by atoms with Crippen LogP contribution in [-0.4, -0.2) is 19.1 Å². The van der Waals surface area contributed by atoms with E-state index in [4.69, 9.17) is 0 Å². The van der Waals surface area contributed by atoms with E-state index in [9.17, 15) is 0 Å². The topological polar surface area (TPSA) is 15.3 Å². The van der Waals surface area contributed by atoms with Gasteiger partial charge in [-0.3, -0.25) is 0 Å². The van der Waals surface area contributed by atoms with Crippen molar-refractivity contribution < 1.29 is 0 Å². The average molecular weight is 244 g/mol. The highest BCUT2D eigenvalue weighted by molar-refractivity contribution is 5.54. The molecule has 2 nitrogen and oxygen atoms in total. The van der Waals surface area contributed by atoms with E-state index in [0.29, 0.717) is 0 Å². The van der Waals surface area contributed by atoms with Crippen molar-refractivity contribution in [3.63, 3.8) is 0 Å². The summed E-state index contributed by atoms with van der Waals surface area (Å²) in [7, 11) is 0. The van der Waals surface area contributed by atoms with E-state index in [1.54, 1.807) is 0 Å². The minimum atomic E-state index is 0.791. The molecule has 3 rings (SSSR count). The standard InChI is InChI=1S/C16H24N2/c1-13-8-10-18(11-9-13)16-5-3-2-4-14(16)12-17-15-6-7-15/h2-5,13,15,17H,6-12H2,1H3. The summed E-state index contributed by atoms with van der Waals surface area (Å²) in [6, 6.07) is 9.70. The van der Waals surface area contributed by atoms with Crippen LogP contribution in [0.1, 0.15) is 38.2 Å². The molecule has 2 fully saturated rings. The van der Waals surface area contributed by atoms with E-state index < -0.39 is 0 Å². The maximum Gasteiger partial charge on any atom is 0.0411 e. The largest absolute Gasteiger partial charge is 0.371 e. The van der Waals surface area contributed by atoms with Gasteiger partial charge < -0.3 is 10.2 Å². The molecule has 0 amide bonds. The minimum Gasteiger partial charge on any atom is -0.371 e. The number of hydrogen-bond donors (Lipinski definition) is 1. The summed E-state index contributed by atoms with van der Waals surface area (Å²) >= 11 is 0. The second-order valence-corrected chi connectivity index (χ2v) is 5.95. The molecule has 1 N–H and O–H groups in total. The zero-order chi connectivity index (χ0) is 12.4. The Morgan fingerprint density at radius 2 is 1.83 bits per heavy atom. The number of para-hydroxylation sites is 1. The third-order valence-electron chi connectivity index (χ3n) is 4.27. The van der Waals surface area contributed by atoms with Crippen LogP contribution in [0.2, 0.25) is 0 Å². The zero-order valence-corrected chi connectivity index (χ0v) is 11.4. The van der Waals surface area contributed by atoms with Crippen LogP contribution in [0.5, 0.6) is 0 Å². The normalized spacial score (nSPS) is 21.3. The summed E-state index contributed by atoms with van der Waals surface area (Å²) in [5.74, 6) is 0.901. The molecule has 0 unspecified atom stereocenters. The highest BCUT2D eigenvalue weighted by atomic mass is 15.1. The fourth-order valence-corrected chi connectivity index (χ4v) is 2.76. The lowest BCUT2D eigenvalue weighted by atomic mass is 9.98. The number of benzene rings is 1. The second kappa shape index (κ2) is 5.31. The van der Waals surface area contributed by atoms with Crippen LogP contribution >= 0.6 is 0 Å². The molecule has 1 aliphatic heterocycles. The first-order valence-electron chi connectivity index (χ1n) is 7.39. The molecule has 2 aliphatic rings. The van der Waals surface area contributed by atoms with Crippen LogP contribution in [0.25, 0.3) is 0 Å². The van der Waals surface area contributed by atoms with Crippen molar-refractivity contribution in [1.29, 1.82) is 0 Å². The van der Waals surface area contributed by atoms with E-state index in [0.717, 1.165) is 18.5 Å². The first-order valence-corrected chi connectivity index (χ1v) is 7.39. The lowest BCUT2D eigenvalue weighted by Crippen LogP contribution is -2.33. The lowest BCUT2D eigenvalue weighted by molar-refractivity contribution is 0.437. The van der Waals surface area contributed by atoms with Gasteiger partial charge in [-0.15, -0.1) is 0 Å². The molecule has 0 aromatic heterocycles. The van der Waals surface area contributed by atoms with E-state index in [-0.39, 0.29) is 0 Å². The molecule has 1 saturated carbocycles. The average Bonchev–Trinajstić information content (AvgIpc) is 3.22. The molecular weight excluding hydrogens is 220 g/mol. The predicted molar refractivity (Wildman–Crippen MR) is 76.9 cm³/mol. The first-order chi connectivity index (χ1) is 8.83. The second-order valence-electron chi connectivity index (χ2n) is 5.95. The Labute approximate surface area is 110 Å². The van der Waals surface area contributed by atoms with Crippen molar-refractivity contribution in [2.45, 2.75) is 45.2 Å². The molecule has 1 aromatic carbocycles. The molecular formula is C16H24N2. The molecule has 98 valence electrons. The molecule has 0 spiro atoms. The Kier molecular flexibility index (Phi) is 3.55. The van der Waals surface area contributed by atoms with Crippen LogP contribution in [-0.2, 0) is 6.54 Å². The molecule has 1 heterocycles. The van der Waals surface area contributed by atoms with Gasteiger partial charge >= 0.3 is 0 Å². The SMILES string of the molecule is CC1CCN(c2ccccc2CNC2CC2)CC1. The third kappa shape index (κ3) is 2.86. The fraction of sp³-hybridized carbons (Fsp3) is 0.625. The van der Waals surface area contributed by atoms with Gasteiger partial charge in [0.15, 0.2) is 0 Å². The Hall–Kier alpha value is -1.02.